The first-order chi connectivity index (χ1) is 9.71. The monoisotopic (exact) mass is 422 g/mol. The number of pyridine rings is 1. The molecule has 1 atom stereocenters. The molecule has 0 aromatic carbocycles. The summed E-state index contributed by atoms with van der Waals surface area (Å²) in [7, 11) is 0. The second kappa shape index (κ2) is 7.98. The highest BCUT2D eigenvalue weighted by Gasteiger charge is 2.19. The van der Waals surface area contributed by atoms with E-state index in [9.17, 15) is 4.79 Å². The smallest absolute Gasteiger partial charge is 0.407 e. The SMILES string of the molecule is CC[C@@H](COc1ncc(Br)cc1Br)OC(=O)NC(C)(C)C. The predicted molar refractivity (Wildman–Crippen MR) is 88.6 cm³/mol. The molecule has 0 saturated heterocycles. The van der Waals surface area contributed by atoms with E-state index in [1.807, 2.05) is 33.8 Å². The van der Waals surface area contributed by atoms with E-state index in [4.69, 9.17) is 9.47 Å². The maximum atomic E-state index is 11.7. The number of alkyl carbamates (subject to hydrolysis) is 1. The molecule has 1 rings (SSSR count). The van der Waals surface area contributed by atoms with E-state index in [-0.39, 0.29) is 18.2 Å². The van der Waals surface area contributed by atoms with Crippen molar-refractivity contribution in [1.82, 2.24) is 10.3 Å². The summed E-state index contributed by atoms with van der Waals surface area (Å²) in [4.78, 5) is 15.9. The molecule has 1 aromatic heterocycles. The Bertz CT molecular complexity index is 490. The molecule has 1 amide bonds. The normalized spacial score (nSPS) is 12.7. The first-order valence-electron chi connectivity index (χ1n) is 6.64. The Morgan fingerprint density at radius 1 is 1.43 bits per heavy atom. The van der Waals surface area contributed by atoms with Crippen molar-refractivity contribution in [2.45, 2.75) is 45.8 Å². The fourth-order valence-corrected chi connectivity index (χ4v) is 2.50. The fourth-order valence-electron chi connectivity index (χ4n) is 1.40. The second-order valence-electron chi connectivity index (χ2n) is 5.56. The molecule has 0 aliphatic carbocycles. The van der Waals surface area contributed by atoms with Crippen LogP contribution < -0.4 is 10.1 Å². The van der Waals surface area contributed by atoms with Gasteiger partial charge in [0.1, 0.15) is 12.7 Å². The third-order valence-corrected chi connectivity index (χ3v) is 3.39. The summed E-state index contributed by atoms with van der Waals surface area (Å²) in [6, 6.07) is 1.84. The zero-order chi connectivity index (χ0) is 16.0. The largest absolute Gasteiger partial charge is 0.473 e. The molecule has 118 valence electrons. The molecule has 1 heterocycles. The van der Waals surface area contributed by atoms with E-state index in [1.54, 1.807) is 6.20 Å². The van der Waals surface area contributed by atoms with Crippen molar-refractivity contribution in [3.63, 3.8) is 0 Å². The maximum Gasteiger partial charge on any atom is 0.407 e. The topological polar surface area (TPSA) is 60.5 Å². The minimum atomic E-state index is -0.444. The molecule has 0 saturated carbocycles. The Morgan fingerprint density at radius 3 is 2.62 bits per heavy atom. The van der Waals surface area contributed by atoms with E-state index in [1.165, 1.54) is 0 Å². The number of nitrogens with one attached hydrogen (secondary N) is 1. The number of aromatic nitrogens is 1. The van der Waals surface area contributed by atoms with Crippen LogP contribution in [0.15, 0.2) is 21.2 Å². The van der Waals surface area contributed by atoms with E-state index >= 15 is 0 Å². The molecule has 0 bridgehead atoms. The van der Waals surface area contributed by atoms with Crippen LogP contribution in [0.4, 0.5) is 4.79 Å². The van der Waals surface area contributed by atoms with Crippen molar-refractivity contribution in [3.05, 3.63) is 21.2 Å². The van der Waals surface area contributed by atoms with Gasteiger partial charge in [-0.25, -0.2) is 9.78 Å². The number of halogens is 2. The van der Waals surface area contributed by atoms with Gasteiger partial charge in [-0.05, 0) is 65.1 Å². The van der Waals surface area contributed by atoms with Gasteiger partial charge in [-0.15, -0.1) is 0 Å². The Kier molecular flexibility index (Phi) is 6.93. The molecule has 1 aromatic rings. The van der Waals surface area contributed by atoms with E-state index in [2.05, 4.69) is 42.2 Å². The highest BCUT2D eigenvalue weighted by atomic mass is 79.9. The summed E-state index contributed by atoms with van der Waals surface area (Å²) < 4.78 is 12.5. The standard InChI is InChI=1S/C14H20Br2N2O3/c1-5-10(21-13(19)18-14(2,3)4)8-20-12-11(16)6-9(15)7-17-12/h6-7,10H,5,8H2,1-4H3,(H,18,19)/t10-/m0/s1. The van der Waals surface area contributed by atoms with Crippen LogP contribution in [0, 0.1) is 0 Å². The minimum absolute atomic E-state index is 0.251. The van der Waals surface area contributed by atoms with E-state index in [0.717, 1.165) is 8.95 Å². The number of carbonyl (C=O) groups is 1. The number of amides is 1. The van der Waals surface area contributed by atoms with E-state index in [0.29, 0.717) is 12.3 Å². The number of ether oxygens (including phenoxy) is 2. The van der Waals surface area contributed by atoms with Crippen LogP contribution >= 0.6 is 31.9 Å². The van der Waals surface area contributed by atoms with E-state index < -0.39 is 6.09 Å². The third-order valence-electron chi connectivity index (χ3n) is 2.39. The molecule has 21 heavy (non-hydrogen) atoms. The van der Waals surface area contributed by atoms with Crippen LogP contribution in [-0.4, -0.2) is 29.3 Å². The van der Waals surface area contributed by atoms with Crippen molar-refractivity contribution >= 4 is 38.0 Å². The highest BCUT2D eigenvalue weighted by molar-refractivity contribution is 9.11. The van der Waals surface area contributed by atoms with Crippen LogP contribution in [0.1, 0.15) is 34.1 Å². The molecular weight excluding hydrogens is 404 g/mol. The maximum absolute atomic E-state index is 11.7. The van der Waals surface area contributed by atoms with Gasteiger partial charge in [0.05, 0.1) is 4.47 Å². The van der Waals surface area contributed by atoms with Gasteiger partial charge in [0, 0.05) is 16.2 Å². The zero-order valence-corrected chi connectivity index (χ0v) is 15.7. The van der Waals surface area contributed by atoms with Gasteiger partial charge in [-0.1, -0.05) is 6.92 Å². The van der Waals surface area contributed by atoms with Gasteiger partial charge in [0.25, 0.3) is 0 Å². The number of carbonyl (C=O) groups excluding carboxylic acids is 1. The van der Waals surface area contributed by atoms with Crippen LogP contribution in [0.5, 0.6) is 5.88 Å². The van der Waals surface area contributed by atoms with Crippen molar-refractivity contribution < 1.29 is 14.3 Å². The van der Waals surface area contributed by atoms with Crippen LogP contribution in [0.2, 0.25) is 0 Å². The third kappa shape index (κ3) is 7.13. The molecular formula is C14H20Br2N2O3. The second-order valence-corrected chi connectivity index (χ2v) is 7.33. The first kappa shape index (κ1) is 18.2. The lowest BCUT2D eigenvalue weighted by atomic mass is 10.1. The molecule has 1 N–H and O–H groups in total. The minimum Gasteiger partial charge on any atom is -0.473 e. The summed E-state index contributed by atoms with van der Waals surface area (Å²) in [5, 5.41) is 2.75. The fraction of sp³-hybridized carbons (Fsp3) is 0.571. The van der Waals surface area contributed by atoms with Crippen LogP contribution in [0.25, 0.3) is 0 Å². The summed E-state index contributed by atoms with van der Waals surface area (Å²) in [5.74, 6) is 0.469. The molecule has 0 unspecified atom stereocenters. The summed E-state index contributed by atoms with van der Waals surface area (Å²) in [6.07, 6.45) is 1.53. The average Bonchev–Trinajstić information content (AvgIpc) is 2.33. The molecule has 0 spiro atoms. The number of hydrogen-bond acceptors (Lipinski definition) is 4. The van der Waals surface area contributed by atoms with Gasteiger partial charge in [0.2, 0.25) is 5.88 Å². The van der Waals surface area contributed by atoms with Crippen molar-refractivity contribution in [2.75, 3.05) is 6.61 Å². The Hall–Kier alpha value is -0.820. The van der Waals surface area contributed by atoms with Gasteiger partial charge in [-0.3, -0.25) is 0 Å². The molecule has 0 aliphatic heterocycles. The number of hydrogen-bond donors (Lipinski definition) is 1. The number of nitrogens with zero attached hydrogens (tertiary/aromatic N) is 1. The molecule has 0 radical (unpaired) electrons. The number of rotatable bonds is 5. The zero-order valence-electron chi connectivity index (χ0n) is 12.6. The summed E-state index contributed by atoms with van der Waals surface area (Å²) in [6.45, 7) is 7.88. The van der Waals surface area contributed by atoms with Gasteiger partial charge in [0.15, 0.2) is 0 Å². The van der Waals surface area contributed by atoms with Crippen molar-refractivity contribution in [2.24, 2.45) is 0 Å². The molecule has 7 heteroatoms. The van der Waals surface area contributed by atoms with Crippen molar-refractivity contribution in [3.8, 4) is 5.88 Å². The Labute approximate surface area is 142 Å². The lowest BCUT2D eigenvalue weighted by Gasteiger charge is -2.23. The molecule has 0 fully saturated rings. The van der Waals surface area contributed by atoms with Crippen molar-refractivity contribution in [1.29, 1.82) is 0 Å². The average molecular weight is 424 g/mol. The Balaban J connectivity index is 2.53. The van der Waals surface area contributed by atoms with Crippen LogP contribution in [-0.2, 0) is 4.74 Å². The molecule has 0 aliphatic rings. The Morgan fingerprint density at radius 2 is 2.10 bits per heavy atom. The molecule has 5 nitrogen and oxygen atoms in total. The first-order valence-corrected chi connectivity index (χ1v) is 8.22. The summed E-state index contributed by atoms with van der Waals surface area (Å²) in [5.41, 5.74) is -0.327. The summed E-state index contributed by atoms with van der Waals surface area (Å²) >= 11 is 6.70. The van der Waals surface area contributed by atoms with Crippen LogP contribution in [0.3, 0.4) is 0 Å². The van der Waals surface area contributed by atoms with Gasteiger partial charge in [-0.2, -0.15) is 0 Å². The quantitative estimate of drug-likeness (QED) is 0.767. The lowest BCUT2D eigenvalue weighted by Crippen LogP contribution is -2.43. The highest BCUT2D eigenvalue weighted by Crippen LogP contribution is 2.25. The van der Waals surface area contributed by atoms with Gasteiger partial charge >= 0.3 is 6.09 Å². The predicted octanol–water partition coefficient (Wildman–Crippen LogP) is 4.29. The lowest BCUT2D eigenvalue weighted by molar-refractivity contribution is 0.0572. The van der Waals surface area contributed by atoms with Gasteiger partial charge < -0.3 is 14.8 Å².